The minimum Gasteiger partial charge on any atom is -0.335 e. The van der Waals surface area contributed by atoms with Gasteiger partial charge in [0.2, 0.25) is 0 Å². The third-order valence-corrected chi connectivity index (χ3v) is 7.41. The van der Waals surface area contributed by atoms with E-state index in [4.69, 9.17) is 11.6 Å². The molecule has 2 aromatic heterocycles. The van der Waals surface area contributed by atoms with Crippen LogP contribution in [-0.4, -0.2) is 46.4 Å². The van der Waals surface area contributed by atoms with Crippen molar-refractivity contribution in [1.82, 2.24) is 14.8 Å². The summed E-state index contributed by atoms with van der Waals surface area (Å²) in [5, 5.41) is 5.18. The molecule has 3 atom stereocenters. The van der Waals surface area contributed by atoms with E-state index in [1.54, 1.807) is 23.7 Å². The van der Waals surface area contributed by atoms with E-state index in [2.05, 4.69) is 43.7 Å². The maximum Gasteiger partial charge on any atom is 0.254 e. The van der Waals surface area contributed by atoms with Gasteiger partial charge in [0.25, 0.3) is 5.91 Å². The molecule has 0 spiro atoms. The Hall–Kier alpha value is -2.21. The van der Waals surface area contributed by atoms with Crippen molar-refractivity contribution in [3.05, 3.63) is 87.3 Å². The number of benzene rings is 1. The molecular weight excluding hydrogens is 414 g/mol. The van der Waals surface area contributed by atoms with Crippen LogP contribution in [0.1, 0.15) is 33.8 Å². The van der Waals surface area contributed by atoms with E-state index in [0.717, 1.165) is 43.2 Å². The molecule has 4 heterocycles. The lowest BCUT2D eigenvalue weighted by atomic mass is 9.82. The third-order valence-electron chi connectivity index (χ3n) is 6.47. The number of amides is 1. The molecule has 5 rings (SSSR count). The lowest BCUT2D eigenvalue weighted by Gasteiger charge is -2.39. The van der Waals surface area contributed by atoms with E-state index in [1.807, 2.05) is 24.3 Å². The summed E-state index contributed by atoms with van der Waals surface area (Å²) < 4.78 is 0. The number of piperidine rings is 1. The van der Waals surface area contributed by atoms with Crippen LogP contribution >= 0.6 is 22.9 Å². The van der Waals surface area contributed by atoms with Crippen molar-refractivity contribution in [2.75, 3.05) is 19.6 Å². The van der Waals surface area contributed by atoms with Gasteiger partial charge >= 0.3 is 0 Å². The first kappa shape index (κ1) is 19.7. The lowest BCUT2D eigenvalue weighted by molar-refractivity contribution is 0.0614. The van der Waals surface area contributed by atoms with Gasteiger partial charge in [-0.2, -0.15) is 11.3 Å². The number of carbonyl (C=O) groups excluding carboxylic acids is 1. The number of rotatable bonds is 4. The van der Waals surface area contributed by atoms with Crippen molar-refractivity contribution in [2.45, 2.75) is 24.9 Å². The largest absolute Gasteiger partial charge is 0.335 e. The van der Waals surface area contributed by atoms with E-state index in [0.29, 0.717) is 11.8 Å². The molecule has 0 aliphatic carbocycles. The number of thiophene rings is 1. The quantitative estimate of drug-likeness (QED) is 0.580. The standard InChI is InChI=1S/C24H24ClN3OS/c25-20-3-1-2-17(12-20)13-27-10-6-23-22(14-27)21(19-7-11-30-16-19)15-28(23)24(29)18-4-8-26-9-5-18/h1-5,7-9,11-12,16,21-23H,6,10,13-15H2/t21-,22-,23-/m0/s1. The predicted molar refractivity (Wildman–Crippen MR) is 121 cm³/mol. The van der Waals surface area contributed by atoms with E-state index < -0.39 is 0 Å². The summed E-state index contributed by atoms with van der Waals surface area (Å²) in [6, 6.07) is 14.3. The summed E-state index contributed by atoms with van der Waals surface area (Å²) in [5.41, 5.74) is 3.34. The molecule has 3 aromatic rings. The van der Waals surface area contributed by atoms with Crippen LogP contribution in [0.4, 0.5) is 0 Å². The first-order valence-electron chi connectivity index (χ1n) is 10.4. The topological polar surface area (TPSA) is 36.4 Å². The number of fused-ring (bicyclic) bond motifs is 1. The average Bonchev–Trinajstić information content (AvgIpc) is 3.41. The number of pyridine rings is 1. The van der Waals surface area contributed by atoms with Gasteiger partial charge in [-0.05, 0) is 58.6 Å². The molecule has 1 aromatic carbocycles. The molecule has 0 saturated carbocycles. The molecule has 154 valence electrons. The first-order valence-corrected chi connectivity index (χ1v) is 11.7. The summed E-state index contributed by atoms with van der Waals surface area (Å²) in [6.45, 7) is 3.68. The zero-order valence-electron chi connectivity index (χ0n) is 16.7. The monoisotopic (exact) mass is 437 g/mol. The smallest absolute Gasteiger partial charge is 0.254 e. The summed E-state index contributed by atoms with van der Waals surface area (Å²) in [5.74, 6) is 0.959. The minimum atomic E-state index is 0.133. The molecule has 2 aliphatic rings. The van der Waals surface area contributed by atoms with Gasteiger partial charge in [0.15, 0.2) is 0 Å². The summed E-state index contributed by atoms with van der Waals surface area (Å²) in [6.07, 6.45) is 4.40. The molecule has 2 fully saturated rings. The average molecular weight is 438 g/mol. The van der Waals surface area contributed by atoms with Gasteiger partial charge in [-0.15, -0.1) is 0 Å². The second-order valence-electron chi connectivity index (χ2n) is 8.24. The van der Waals surface area contributed by atoms with Gasteiger partial charge in [-0.25, -0.2) is 0 Å². The Bertz CT molecular complexity index is 1010. The van der Waals surface area contributed by atoms with E-state index in [1.165, 1.54) is 11.1 Å². The van der Waals surface area contributed by atoms with Gasteiger partial charge < -0.3 is 4.90 Å². The molecule has 4 nitrogen and oxygen atoms in total. The fraction of sp³-hybridized carbons (Fsp3) is 0.333. The Labute approximate surface area is 186 Å². The van der Waals surface area contributed by atoms with Crippen LogP contribution in [0, 0.1) is 5.92 Å². The second kappa shape index (κ2) is 8.50. The maximum absolute atomic E-state index is 13.3. The maximum atomic E-state index is 13.3. The predicted octanol–water partition coefficient (Wildman–Crippen LogP) is 4.93. The van der Waals surface area contributed by atoms with Crippen molar-refractivity contribution >= 4 is 28.8 Å². The fourth-order valence-electron chi connectivity index (χ4n) is 5.07. The highest BCUT2D eigenvalue weighted by atomic mass is 35.5. The summed E-state index contributed by atoms with van der Waals surface area (Å²) >= 11 is 7.93. The van der Waals surface area contributed by atoms with Crippen LogP contribution in [0.5, 0.6) is 0 Å². The molecule has 0 radical (unpaired) electrons. The number of nitrogens with zero attached hydrogens (tertiary/aromatic N) is 3. The SMILES string of the molecule is O=C(c1ccncc1)N1C[C@@H](c2ccsc2)[C@@H]2CN(Cc3cccc(Cl)c3)CC[C@@H]21. The van der Waals surface area contributed by atoms with Gasteiger partial charge in [0, 0.05) is 67.0 Å². The minimum absolute atomic E-state index is 0.133. The van der Waals surface area contributed by atoms with Gasteiger partial charge in [0.1, 0.15) is 0 Å². The first-order chi connectivity index (χ1) is 14.7. The van der Waals surface area contributed by atoms with Gasteiger partial charge in [0.05, 0.1) is 0 Å². The summed E-state index contributed by atoms with van der Waals surface area (Å²) in [4.78, 5) is 22.0. The number of aromatic nitrogens is 1. The molecule has 2 saturated heterocycles. The molecule has 6 heteroatoms. The highest BCUT2D eigenvalue weighted by molar-refractivity contribution is 7.08. The van der Waals surface area contributed by atoms with Crippen molar-refractivity contribution in [2.24, 2.45) is 5.92 Å². The van der Waals surface area contributed by atoms with Crippen LogP contribution in [0.15, 0.2) is 65.6 Å². The molecule has 1 amide bonds. The molecule has 0 bridgehead atoms. The van der Waals surface area contributed by atoms with Crippen molar-refractivity contribution in [1.29, 1.82) is 0 Å². The van der Waals surface area contributed by atoms with Gasteiger partial charge in [-0.3, -0.25) is 14.7 Å². The second-order valence-corrected chi connectivity index (χ2v) is 9.46. The molecule has 2 aliphatic heterocycles. The normalized spacial score (nSPS) is 24.0. The Morgan fingerprint density at radius 2 is 2.03 bits per heavy atom. The Kier molecular flexibility index (Phi) is 5.59. The van der Waals surface area contributed by atoms with Crippen LogP contribution in [0.3, 0.4) is 0 Å². The molecule has 0 unspecified atom stereocenters. The highest BCUT2D eigenvalue weighted by Gasteiger charge is 2.47. The Balaban J connectivity index is 1.38. The zero-order valence-corrected chi connectivity index (χ0v) is 18.2. The lowest BCUT2D eigenvalue weighted by Crippen LogP contribution is -2.47. The van der Waals surface area contributed by atoms with Crippen molar-refractivity contribution in [3.8, 4) is 0 Å². The number of hydrogen-bond donors (Lipinski definition) is 0. The van der Waals surface area contributed by atoms with Crippen LogP contribution in [0.25, 0.3) is 0 Å². The molecule has 30 heavy (non-hydrogen) atoms. The summed E-state index contributed by atoms with van der Waals surface area (Å²) in [7, 11) is 0. The molecule has 0 N–H and O–H groups in total. The highest BCUT2D eigenvalue weighted by Crippen LogP contribution is 2.43. The van der Waals surface area contributed by atoms with E-state index >= 15 is 0 Å². The third kappa shape index (κ3) is 3.89. The Morgan fingerprint density at radius 1 is 1.17 bits per heavy atom. The van der Waals surface area contributed by atoms with E-state index in [-0.39, 0.29) is 11.9 Å². The van der Waals surface area contributed by atoms with Crippen molar-refractivity contribution < 1.29 is 4.79 Å². The van der Waals surface area contributed by atoms with Crippen LogP contribution < -0.4 is 0 Å². The zero-order chi connectivity index (χ0) is 20.5. The number of likely N-dealkylation sites (tertiary alicyclic amines) is 2. The van der Waals surface area contributed by atoms with Crippen LogP contribution in [-0.2, 0) is 6.54 Å². The van der Waals surface area contributed by atoms with Crippen LogP contribution in [0.2, 0.25) is 5.02 Å². The fourth-order valence-corrected chi connectivity index (χ4v) is 6.01. The number of halogens is 1. The van der Waals surface area contributed by atoms with E-state index in [9.17, 15) is 4.79 Å². The van der Waals surface area contributed by atoms with Crippen molar-refractivity contribution in [3.63, 3.8) is 0 Å². The molecular formula is C24H24ClN3OS. The Morgan fingerprint density at radius 3 is 2.80 bits per heavy atom. The van der Waals surface area contributed by atoms with Gasteiger partial charge in [-0.1, -0.05) is 23.7 Å². The number of hydrogen-bond acceptors (Lipinski definition) is 4. The number of carbonyl (C=O) groups is 1.